The minimum atomic E-state index is -4.28. The van der Waals surface area contributed by atoms with Crippen molar-refractivity contribution in [3.63, 3.8) is 0 Å². The summed E-state index contributed by atoms with van der Waals surface area (Å²) in [5.74, 6) is -0.319. The number of esters is 1. The summed E-state index contributed by atoms with van der Waals surface area (Å²) in [6, 6.07) is 0. The van der Waals surface area contributed by atoms with Crippen LogP contribution in [0.1, 0.15) is 206 Å². The largest absolute Gasteiger partial charge is 0.472 e. The molecule has 336 valence electrons. The average Bonchev–Trinajstić information content (AvgIpc) is 3.16. The van der Waals surface area contributed by atoms with E-state index in [1.807, 2.05) is 21.1 Å². The lowest BCUT2D eigenvalue weighted by atomic mass is 10.1. The lowest BCUT2D eigenvalue weighted by Gasteiger charge is -2.24. The van der Waals surface area contributed by atoms with Crippen molar-refractivity contribution in [2.75, 3.05) is 54.1 Å². The van der Waals surface area contributed by atoms with Gasteiger partial charge in [0.1, 0.15) is 19.3 Å². The molecule has 0 aromatic rings. The Labute approximate surface area is 353 Å². The molecule has 0 aromatic carbocycles. The van der Waals surface area contributed by atoms with Crippen LogP contribution in [-0.2, 0) is 27.9 Å². The lowest BCUT2D eigenvalue weighted by molar-refractivity contribution is -0.870. The van der Waals surface area contributed by atoms with Crippen molar-refractivity contribution < 1.29 is 37.3 Å². The second kappa shape index (κ2) is 41.5. The summed E-state index contributed by atoms with van der Waals surface area (Å²) in [5, 5.41) is 0. The van der Waals surface area contributed by atoms with E-state index in [-0.39, 0.29) is 25.8 Å². The predicted molar refractivity (Wildman–Crippen MR) is 243 cm³/mol. The fourth-order valence-corrected chi connectivity index (χ4v) is 7.20. The lowest BCUT2D eigenvalue weighted by Crippen LogP contribution is -2.37. The minimum Gasteiger partial charge on any atom is -0.457 e. The molecule has 0 aliphatic heterocycles. The van der Waals surface area contributed by atoms with Gasteiger partial charge in [-0.1, -0.05) is 166 Å². The van der Waals surface area contributed by atoms with Crippen LogP contribution >= 0.6 is 7.82 Å². The van der Waals surface area contributed by atoms with Gasteiger partial charge in [-0.05, 0) is 70.6 Å². The molecule has 0 amide bonds. The van der Waals surface area contributed by atoms with Gasteiger partial charge in [0, 0.05) is 13.0 Å². The molecule has 9 heteroatoms. The van der Waals surface area contributed by atoms with Gasteiger partial charge in [-0.15, -0.1) is 0 Å². The van der Waals surface area contributed by atoms with Crippen LogP contribution in [0.4, 0.5) is 0 Å². The molecule has 0 radical (unpaired) electrons. The molecule has 0 aliphatic rings. The summed E-state index contributed by atoms with van der Waals surface area (Å²) in [6.07, 6.45) is 48.9. The third-order valence-corrected chi connectivity index (χ3v) is 11.2. The fraction of sp³-hybridized carbons (Fsp3) is 0.854. The maximum absolute atomic E-state index is 12.7. The van der Waals surface area contributed by atoms with Crippen LogP contribution in [0.3, 0.4) is 0 Å². The van der Waals surface area contributed by atoms with Crippen molar-refractivity contribution in [2.24, 2.45) is 0 Å². The highest BCUT2D eigenvalue weighted by Gasteiger charge is 2.26. The third kappa shape index (κ3) is 45.7. The van der Waals surface area contributed by atoms with Crippen LogP contribution in [0.15, 0.2) is 36.5 Å². The topological polar surface area (TPSA) is 91.3 Å². The van der Waals surface area contributed by atoms with Crippen molar-refractivity contribution in [3.8, 4) is 0 Å². The van der Waals surface area contributed by atoms with Crippen LogP contribution in [0.2, 0.25) is 0 Å². The van der Waals surface area contributed by atoms with Crippen LogP contribution < -0.4 is 0 Å². The molecular weight excluding hydrogens is 734 g/mol. The normalized spacial score (nSPS) is 14.0. The number of hydrogen-bond acceptors (Lipinski definition) is 6. The molecular formula is C48H93NO7P+. The third-order valence-electron chi connectivity index (χ3n) is 10.2. The molecule has 0 aromatic heterocycles. The van der Waals surface area contributed by atoms with E-state index in [1.165, 1.54) is 141 Å². The van der Waals surface area contributed by atoms with E-state index >= 15 is 0 Å². The van der Waals surface area contributed by atoms with Gasteiger partial charge in [-0.2, -0.15) is 0 Å². The number of rotatable bonds is 44. The summed E-state index contributed by atoms with van der Waals surface area (Å²) in [7, 11) is 1.66. The first-order valence-electron chi connectivity index (χ1n) is 23.7. The number of nitrogens with zero attached hydrogens (tertiary/aromatic N) is 1. The Morgan fingerprint density at radius 1 is 0.544 bits per heavy atom. The van der Waals surface area contributed by atoms with E-state index in [2.05, 4.69) is 50.3 Å². The number of hydrogen-bond donors (Lipinski definition) is 1. The van der Waals surface area contributed by atoms with Crippen LogP contribution in [0, 0.1) is 0 Å². The molecule has 0 heterocycles. The SMILES string of the molecule is CCCCC/C=C\C/C=C\CCCCCCCCOCC(COP(=O)(O)OCC[N+](C)(C)C)OC(=O)CCCCCCCCCCC/C=C\CCCCCCCC. The van der Waals surface area contributed by atoms with Gasteiger partial charge in [-0.25, -0.2) is 4.57 Å². The first-order chi connectivity index (χ1) is 27.6. The molecule has 0 saturated heterocycles. The number of ether oxygens (including phenoxy) is 2. The number of carbonyl (C=O) groups excluding carboxylic acids is 1. The smallest absolute Gasteiger partial charge is 0.457 e. The summed E-state index contributed by atoms with van der Waals surface area (Å²) >= 11 is 0. The minimum absolute atomic E-state index is 0.0861. The molecule has 0 bridgehead atoms. The van der Waals surface area contributed by atoms with E-state index in [0.717, 1.165) is 44.9 Å². The first kappa shape index (κ1) is 55.7. The van der Waals surface area contributed by atoms with Gasteiger partial charge in [0.25, 0.3) is 0 Å². The molecule has 1 N–H and O–H groups in total. The molecule has 2 atom stereocenters. The zero-order valence-corrected chi connectivity index (χ0v) is 39.0. The van der Waals surface area contributed by atoms with E-state index in [1.54, 1.807) is 0 Å². The maximum Gasteiger partial charge on any atom is 0.472 e. The number of quaternary nitrogens is 1. The highest BCUT2D eigenvalue weighted by Crippen LogP contribution is 2.43. The van der Waals surface area contributed by atoms with E-state index in [0.29, 0.717) is 24.1 Å². The molecule has 0 fully saturated rings. The molecule has 0 rings (SSSR count). The van der Waals surface area contributed by atoms with Crippen LogP contribution in [0.25, 0.3) is 0 Å². The summed E-state index contributed by atoms with van der Waals surface area (Å²) in [5.41, 5.74) is 0. The molecule has 8 nitrogen and oxygen atoms in total. The van der Waals surface area contributed by atoms with Crippen molar-refractivity contribution in [2.45, 2.75) is 213 Å². The maximum atomic E-state index is 12.7. The standard InChI is InChI=1S/C48H92NO7P/c1-6-8-10-12-14-16-18-20-22-24-25-26-27-29-31-33-35-37-39-41-48(50)56-47(46-55-57(51,52)54-44-42-49(3,4)5)45-53-43-40-38-36-34-32-30-28-23-21-19-17-15-13-11-9-7-2/h15,17,20-23,47H,6-14,16,18-19,24-46H2,1-5H3/p+1/b17-15-,22-20-,23-21-. The molecule has 0 saturated carbocycles. The number of allylic oxidation sites excluding steroid dienone is 6. The first-order valence-corrected chi connectivity index (χ1v) is 25.2. The number of unbranched alkanes of at least 4 members (excludes halogenated alkanes) is 24. The summed E-state index contributed by atoms with van der Waals surface area (Å²) in [4.78, 5) is 22.9. The Kier molecular flexibility index (Phi) is 40.5. The predicted octanol–water partition coefficient (Wildman–Crippen LogP) is 14.2. The van der Waals surface area contributed by atoms with E-state index in [4.69, 9.17) is 18.5 Å². The Balaban J connectivity index is 4.20. The van der Waals surface area contributed by atoms with Crippen LogP contribution in [-0.4, -0.2) is 75.6 Å². The van der Waals surface area contributed by atoms with Crippen molar-refractivity contribution >= 4 is 13.8 Å². The quantitative estimate of drug-likeness (QED) is 0.0215. The highest BCUT2D eigenvalue weighted by atomic mass is 31.2. The van der Waals surface area contributed by atoms with Gasteiger partial charge in [0.05, 0.1) is 34.4 Å². The van der Waals surface area contributed by atoms with Crippen LogP contribution in [0.5, 0.6) is 0 Å². The van der Waals surface area contributed by atoms with Gasteiger partial charge in [-0.3, -0.25) is 13.8 Å². The van der Waals surface area contributed by atoms with Gasteiger partial charge in [0.15, 0.2) is 0 Å². The number of likely N-dealkylation sites (N-methyl/N-ethyl adjacent to an activating group) is 1. The van der Waals surface area contributed by atoms with Crippen molar-refractivity contribution in [1.29, 1.82) is 0 Å². The monoisotopic (exact) mass is 827 g/mol. The molecule has 2 unspecified atom stereocenters. The Hall–Kier alpha value is -1.28. The summed E-state index contributed by atoms with van der Waals surface area (Å²) in [6.45, 7) is 5.59. The molecule has 57 heavy (non-hydrogen) atoms. The Morgan fingerprint density at radius 3 is 1.47 bits per heavy atom. The average molecular weight is 827 g/mol. The second-order valence-electron chi connectivity index (χ2n) is 17.1. The zero-order valence-electron chi connectivity index (χ0n) is 38.1. The number of carbonyl (C=O) groups is 1. The molecule has 0 spiro atoms. The van der Waals surface area contributed by atoms with Gasteiger partial charge >= 0.3 is 13.8 Å². The number of phosphoric acid groups is 1. The van der Waals surface area contributed by atoms with Gasteiger partial charge < -0.3 is 18.9 Å². The van der Waals surface area contributed by atoms with E-state index in [9.17, 15) is 14.3 Å². The Morgan fingerprint density at radius 2 is 0.965 bits per heavy atom. The molecule has 0 aliphatic carbocycles. The van der Waals surface area contributed by atoms with Crippen molar-refractivity contribution in [3.05, 3.63) is 36.5 Å². The fourth-order valence-electron chi connectivity index (χ4n) is 6.46. The second-order valence-corrected chi connectivity index (χ2v) is 18.6. The number of phosphoric ester groups is 1. The highest BCUT2D eigenvalue weighted by molar-refractivity contribution is 7.47. The van der Waals surface area contributed by atoms with Crippen molar-refractivity contribution in [1.82, 2.24) is 0 Å². The Bertz CT molecular complexity index is 1010. The summed E-state index contributed by atoms with van der Waals surface area (Å²) < 4.78 is 35.1. The zero-order chi connectivity index (χ0) is 42.0. The van der Waals surface area contributed by atoms with E-state index < -0.39 is 13.9 Å². The van der Waals surface area contributed by atoms with Gasteiger partial charge in [0.2, 0.25) is 0 Å².